The molecule has 2 aromatic rings. The molecule has 1 spiro atoms. The summed E-state index contributed by atoms with van der Waals surface area (Å²) in [5, 5.41) is 0. The van der Waals surface area contributed by atoms with Crippen LogP contribution in [0.5, 0.6) is 0 Å². The van der Waals surface area contributed by atoms with Gasteiger partial charge in [-0.05, 0) is 25.1 Å². The van der Waals surface area contributed by atoms with Crippen LogP contribution in [-0.4, -0.2) is 53.6 Å². The number of para-hydroxylation sites is 1. The number of hydrogen-bond donors (Lipinski definition) is 0. The van der Waals surface area contributed by atoms with Crippen LogP contribution in [0.4, 0.5) is 5.69 Å². The van der Waals surface area contributed by atoms with Crippen molar-refractivity contribution in [2.24, 2.45) is 5.41 Å². The van der Waals surface area contributed by atoms with Gasteiger partial charge in [0, 0.05) is 48.7 Å². The molecule has 0 radical (unpaired) electrons. The summed E-state index contributed by atoms with van der Waals surface area (Å²) in [5.74, 6) is 0.0398. The minimum Gasteiger partial charge on any atom is -0.371 e. The molecule has 0 aliphatic carbocycles. The van der Waals surface area contributed by atoms with Crippen molar-refractivity contribution in [1.29, 1.82) is 0 Å². The van der Waals surface area contributed by atoms with E-state index in [1.54, 1.807) is 6.33 Å². The van der Waals surface area contributed by atoms with Gasteiger partial charge in [0.25, 0.3) is 5.91 Å². The molecule has 2 aliphatic heterocycles. The van der Waals surface area contributed by atoms with Crippen LogP contribution in [0.3, 0.4) is 0 Å². The van der Waals surface area contributed by atoms with Crippen molar-refractivity contribution in [2.75, 3.05) is 37.7 Å². The van der Waals surface area contributed by atoms with Gasteiger partial charge in [-0.25, -0.2) is 9.97 Å². The summed E-state index contributed by atoms with van der Waals surface area (Å²) in [7, 11) is 0. The van der Waals surface area contributed by atoms with E-state index in [4.69, 9.17) is 4.74 Å². The van der Waals surface area contributed by atoms with E-state index < -0.39 is 0 Å². The van der Waals surface area contributed by atoms with Gasteiger partial charge in [-0.3, -0.25) is 9.69 Å². The van der Waals surface area contributed by atoms with E-state index in [2.05, 4.69) is 14.9 Å². The van der Waals surface area contributed by atoms with Crippen molar-refractivity contribution in [3.8, 4) is 0 Å². The Hall–Kier alpha value is -2.31. The number of likely N-dealkylation sites (tertiary alicyclic amines) is 1. The van der Waals surface area contributed by atoms with Gasteiger partial charge >= 0.3 is 0 Å². The average molecular weight is 338 g/mol. The van der Waals surface area contributed by atoms with Gasteiger partial charge in [0.1, 0.15) is 12.9 Å². The predicted molar refractivity (Wildman–Crippen MR) is 94.0 cm³/mol. The smallest absolute Gasteiger partial charge is 0.252 e. The third-order valence-corrected chi connectivity index (χ3v) is 5.03. The SMILES string of the molecule is O=C1COCC2(CCN(Cc3cncnc3)C2)CN1c1ccccc1. The fourth-order valence-corrected chi connectivity index (χ4v) is 3.82. The van der Waals surface area contributed by atoms with Gasteiger partial charge < -0.3 is 9.64 Å². The number of amides is 1. The molecule has 1 unspecified atom stereocenters. The molecule has 1 atom stereocenters. The van der Waals surface area contributed by atoms with Crippen LogP contribution in [0.25, 0.3) is 0 Å². The van der Waals surface area contributed by atoms with Crippen LogP contribution in [0, 0.1) is 5.41 Å². The van der Waals surface area contributed by atoms with Gasteiger partial charge in [0.15, 0.2) is 0 Å². The fourth-order valence-electron chi connectivity index (χ4n) is 3.82. The summed E-state index contributed by atoms with van der Waals surface area (Å²) in [6, 6.07) is 9.89. The zero-order chi connectivity index (χ0) is 17.1. The molecule has 1 amide bonds. The summed E-state index contributed by atoms with van der Waals surface area (Å²) in [6.45, 7) is 4.24. The van der Waals surface area contributed by atoms with Crippen molar-refractivity contribution < 1.29 is 9.53 Å². The molecule has 4 rings (SSSR count). The number of benzene rings is 1. The molecule has 3 heterocycles. The largest absolute Gasteiger partial charge is 0.371 e. The first-order valence-corrected chi connectivity index (χ1v) is 8.64. The second-order valence-electron chi connectivity index (χ2n) is 7.02. The number of anilines is 1. The fraction of sp³-hybridized carbons (Fsp3) is 0.421. The van der Waals surface area contributed by atoms with E-state index in [1.165, 1.54) is 0 Å². The molecule has 2 saturated heterocycles. The molecule has 6 heteroatoms. The van der Waals surface area contributed by atoms with Crippen molar-refractivity contribution in [3.63, 3.8) is 0 Å². The predicted octanol–water partition coefficient (Wildman–Crippen LogP) is 1.73. The van der Waals surface area contributed by atoms with Crippen LogP contribution >= 0.6 is 0 Å². The Kier molecular flexibility index (Phi) is 4.46. The monoisotopic (exact) mass is 338 g/mol. The molecule has 0 saturated carbocycles. The Bertz CT molecular complexity index is 725. The molecule has 25 heavy (non-hydrogen) atoms. The molecular formula is C19H22N4O2. The Balaban J connectivity index is 1.50. The maximum absolute atomic E-state index is 12.5. The summed E-state index contributed by atoms with van der Waals surface area (Å²) < 4.78 is 5.75. The lowest BCUT2D eigenvalue weighted by atomic mass is 9.87. The minimum atomic E-state index is -0.0162. The number of hydrogen-bond acceptors (Lipinski definition) is 5. The van der Waals surface area contributed by atoms with Crippen molar-refractivity contribution in [2.45, 2.75) is 13.0 Å². The first-order chi connectivity index (χ1) is 12.2. The van der Waals surface area contributed by atoms with Crippen molar-refractivity contribution in [3.05, 3.63) is 54.6 Å². The molecule has 0 N–H and O–H groups in total. The third kappa shape index (κ3) is 3.55. The third-order valence-electron chi connectivity index (χ3n) is 5.03. The van der Waals surface area contributed by atoms with Crippen molar-refractivity contribution in [1.82, 2.24) is 14.9 Å². The highest BCUT2D eigenvalue weighted by Gasteiger charge is 2.43. The number of carbonyl (C=O) groups is 1. The number of ether oxygens (including phenoxy) is 1. The molecule has 6 nitrogen and oxygen atoms in total. The van der Waals surface area contributed by atoms with E-state index in [1.807, 2.05) is 47.6 Å². The topological polar surface area (TPSA) is 58.6 Å². The van der Waals surface area contributed by atoms with E-state index in [0.29, 0.717) is 13.2 Å². The molecule has 1 aromatic heterocycles. The highest BCUT2D eigenvalue weighted by Crippen LogP contribution is 2.35. The number of nitrogens with zero attached hydrogens (tertiary/aromatic N) is 4. The summed E-state index contributed by atoms with van der Waals surface area (Å²) in [4.78, 5) is 25.0. The van der Waals surface area contributed by atoms with Crippen molar-refractivity contribution >= 4 is 11.6 Å². The van der Waals surface area contributed by atoms with Gasteiger partial charge in [0.05, 0.1) is 6.61 Å². The van der Waals surface area contributed by atoms with E-state index in [0.717, 1.165) is 37.3 Å². The summed E-state index contributed by atoms with van der Waals surface area (Å²) in [5.41, 5.74) is 2.05. The number of carbonyl (C=O) groups excluding carboxylic acids is 1. The van der Waals surface area contributed by atoms with Crippen LogP contribution in [0.2, 0.25) is 0 Å². The van der Waals surface area contributed by atoms with E-state index in [9.17, 15) is 4.79 Å². The highest BCUT2D eigenvalue weighted by molar-refractivity contribution is 5.94. The van der Waals surface area contributed by atoms with Gasteiger partial charge in [-0.15, -0.1) is 0 Å². The zero-order valence-electron chi connectivity index (χ0n) is 14.2. The number of aromatic nitrogens is 2. The molecule has 2 fully saturated rings. The maximum Gasteiger partial charge on any atom is 0.252 e. The molecule has 1 aromatic carbocycles. The Labute approximate surface area is 147 Å². The second-order valence-corrected chi connectivity index (χ2v) is 7.02. The lowest BCUT2D eigenvalue weighted by Gasteiger charge is -2.32. The first-order valence-electron chi connectivity index (χ1n) is 8.64. The molecule has 2 aliphatic rings. The highest BCUT2D eigenvalue weighted by atomic mass is 16.5. The zero-order valence-corrected chi connectivity index (χ0v) is 14.2. The summed E-state index contributed by atoms with van der Waals surface area (Å²) >= 11 is 0. The minimum absolute atomic E-state index is 0.0162. The second kappa shape index (κ2) is 6.90. The standard InChI is InChI=1S/C19H22N4O2/c24-18-11-25-14-19(13-23(18)17-4-2-1-3-5-17)6-7-22(12-19)10-16-8-20-15-21-9-16/h1-5,8-9,15H,6-7,10-14H2. The molecule has 130 valence electrons. The normalized spacial score (nSPS) is 24.6. The lowest BCUT2D eigenvalue weighted by Crippen LogP contribution is -2.42. The van der Waals surface area contributed by atoms with Gasteiger partial charge in [-0.1, -0.05) is 18.2 Å². The Morgan fingerprint density at radius 3 is 2.72 bits per heavy atom. The van der Waals surface area contributed by atoms with Crippen LogP contribution in [-0.2, 0) is 16.1 Å². The number of rotatable bonds is 3. The summed E-state index contributed by atoms with van der Waals surface area (Å²) in [6.07, 6.45) is 6.30. The quantitative estimate of drug-likeness (QED) is 0.853. The van der Waals surface area contributed by atoms with E-state index in [-0.39, 0.29) is 17.9 Å². The Morgan fingerprint density at radius 2 is 1.92 bits per heavy atom. The Morgan fingerprint density at radius 1 is 1.12 bits per heavy atom. The molecule has 0 bridgehead atoms. The van der Waals surface area contributed by atoms with Gasteiger partial charge in [-0.2, -0.15) is 0 Å². The van der Waals surface area contributed by atoms with Crippen LogP contribution in [0.15, 0.2) is 49.1 Å². The average Bonchev–Trinajstić information content (AvgIpc) is 2.95. The first kappa shape index (κ1) is 16.2. The molecular weight excluding hydrogens is 316 g/mol. The van der Waals surface area contributed by atoms with Gasteiger partial charge in [0.2, 0.25) is 0 Å². The van der Waals surface area contributed by atoms with Crippen LogP contribution in [0.1, 0.15) is 12.0 Å². The van der Waals surface area contributed by atoms with Crippen LogP contribution < -0.4 is 4.90 Å². The lowest BCUT2D eigenvalue weighted by molar-refractivity contribution is -0.122. The maximum atomic E-state index is 12.5. The van der Waals surface area contributed by atoms with E-state index >= 15 is 0 Å².